The lowest BCUT2D eigenvalue weighted by Crippen LogP contribution is -2.17. The van der Waals surface area contributed by atoms with Gasteiger partial charge in [0.25, 0.3) is 0 Å². The third-order valence-corrected chi connectivity index (χ3v) is 3.15. The van der Waals surface area contributed by atoms with Crippen molar-refractivity contribution in [3.8, 4) is 5.69 Å². The molecule has 0 spiro atoms. The Hall–Kier alpha value is -2.10. The molecule has 1 heterocycles. The van der Waals surface area contributed by atoms with E-state index in [9.17, 15) is 4.79 Å². The molecule has 1 aromatic carbocycles. The highest BCUT2D eigenvalue weighted by Crippen LogP contribution is 2.26. The second kappa shape index (κ2) is 4.78. The van der Waals surface area contributed by atoms with E-state index in [-0.39, 0.29) is 11.1 Å². The summed E-state index contributed by atoms with van der Waals surface area (Å²) in [5.74, 6) is -1.00. The van der Waals surface area contributed by atoms with Gasteiger partial charge in [-0.2, -0.15) is 5.10 Å². The third-order valence-electron chi connectivity index (χ3n) is 3.15. The summed E-state index contributed by atoms with van der Waals surface area (Å²) < 4.78 is 1.74. The van der Waals surface area contributed by atoms with Crippen molar-refractivity contribution in [2.75, 3.05) is 0 Å². The number of hydrogen-bond acceptors (Lipinski definition) is 2. The number of rotatable bonds is 2. The van der Waals surface area contributed by atoms with Gasteiger partial charge in [-0.05, 0) is 43.2 Å². The van der Waals surface area contributed by atoms with Crippen LogP contribution in [0.5, 0.6) is 0 Å². The van der Waals surface area contributed by atoms with Crippen LogP contribution < -0.4 is 0 Å². The Morgan fingerprint density at radius 3 is 2.10 bits per heavy atom. The molecule has 106 valence electrons. The molecule has 0 aliphatic heterocycles. The van der Waals surface area contributed by atoms with E-state index in [4.69, 9.17) is 5.11 Å². The maximum Gasteiger partial charge on any atom is 0.356 e. The molecule has 4 heteroatoms. The summed E-state index contributed by atoms with van der Waals surface area (Å²) in [6, 6.07) is 7.77. The zero-order valence-corrected chi connectivity index (χ0v) is 12.6. The largest absolute Gasteiger partial charge is 0.476 e. The summed E-state index contributed by atoms with van der Waals surface area (Å²) >= 11 is 0. The monoisotopic (exact) mass is 272 g/mol. The molecule has 0 saturated heterocycles. The minimum Gasteiger partial charge on any atom is -0.476 e. The van der Waals surface area contributed by atoms with Gasteiger partial charge in [-0.1, -0.05) is 26.8 Å². The van der Waals surface area contributed by atoms with Crippen molar-refractivity contribution in [3.05, 3.63) is 46.8 Å². The van der Waals surface area contributed by atoms with Gasteiger partial charge in [-0.25, -0.2) is 9.48 Å². The second-order valence-electron chi connectivity index (χ2n) is 6.23. The van der Waals surface area contributed by atoms with E-state index >= 15 is 0 Å². The van der Waals surface area contributed by atoms with Crippen LogP contribution in [-0.4, -0.2) is 20.9 Å². The first-order chi connectivity index (χ1) is 9.18. The molecule has 0 unspecified atom stereocenters. The lowest BCUT2D eigenvalue weighted by Gasteiger charge is -2.20. The maximum atomic E-state index is 11.2. The summed E-state index contributed by atoms with van der Waals surface area (Å²) in [5, 5.41) is 13.4. The highest BCUT2D eigenvalue weighted by atomic mass is 16.4. The number of carboxylic acid groups (broad SMARTS) is 1. The van der Waals surface area contributed by atoms with E-state index in [1.54, 1.807) is 10.7 Å². The molecule has 0 fully saturated rings. The predicted molar refractivity (Wildman–Crippen MR) is 78.7 cm³/mol. The van der Waals surface area contributed by atoms with Crippen molar-refractivity contribution in [3.63, 3.8) is 0 Å². The van der Waals surface area contributed by atoms with Gasteiger partial charge in [0.2, 0.25) is 0 Å². The molecule has 1 aromatic heterocycles. The van der Waals surface area contributed by atoms with Gasteiger partial charge in [0.15, 0.2) is 5.69 Å². The first kappa shape index (κ1) is 14.3. The summed E-state index contributed by atoms with van der Waals surface area (Å²) in [6.45, 7) is 10.2. The van der Waals surface area contributed by atoms with Gasteiger partial charge in [0.05, 0.1) is 11.4 Å². The number of aromatic carboxylic acids is 1. The lowest BCUT2D eigenvalue weighted by molar-refractivity contribution is 0.0690. The second-order valence-corrected chi connectivity index (χ2v) is 6.23. The van der Waals surface area contributed by atoms with Crippen LogP contribution in [0.4, 0.5) is 0 Å². The van der Waals surface area contributed by atoms with Crippen molar-refractivity contribution in [1.29, 1.82) is 0 Å². The van der Waals surface area contributed by atoms with E-state index < -0.39 is 5.97 Å². The average molecular weight is 272 g/mol. The molecule has 0 atom stereocenters. The molecule has 0 amide bonds. The predicted octanol–water partition coefficient (Wildman–Crippen LogP) is 3.48. The van der Waals surface area contributed by atoms with Crippen molar-refractivity contribution >= 4 is 5.97 Å². The number of nitrogens with zero attached hydrogens (tertiary/aromatic N) is 2. The molecule has 0 saturated carbocycles. The Morgan fingerprint density at radius 2 is 1.65 bits per heavy atom. The van der Waals surface area contributed by atoms with E-state index in [2.05, 4.69) is 31.9 Å². The maximum absolute atomic E-state index is 11.2. The van der Waals surface area contributed by atoms with Crippen LogP contribution in [-0.2, 0) is 5.41 Å². The average Bonchev–Trinajstić information content (AvgIpc) is 2.71. The first-order valence-electron chi connectivity index (χ1n) is 6.61. The first-order valence-corrected chi connectivity index (χ1v) is 6.61. The van der Waals surface area contributed by atoms with E-state index in [0.29, 0.717) is 0 Å². The Balaban J connectivity index is 2.68. The van der Waals surface area contributed by atoms with Crippen LogP contribution in [0.2, 0.25) is 0 Å². The van der Waals surface area contributed by atoms with Gasteiger partial charge >= 0.3 is 5.97 Å². The zero-order valence-electron chi connectivity index (χ0n) is 12.6. The third kappa shape index (κ3) is 2.74. The molecule has 2 rings (SSSR count). The number of carbonyl (C=O) groups is 1. The van der Waals surface area contributed by atoms with Crippen LogP contribution in [0.1, 0.15) is 48.1 Å². The molecular formula is C16H20N2O2. The molecular weight excluding hydrogens is 252 g/mol. The van der Waals surface area contributed by atoms with Crippen LogP contribution in [0.3, 0.4) is 0 Å². The fourth-order valence-corrected chi connectivity index (χ4v) is 2.29. The minimum atomic E-state index is -1.00. The highest BCUT2D eigenvalue weighted by molar-refractivity contribution is 5.85. The molecule has 4 nitrogen and oxygen atoms in total. The highest BCUT2D eigenvalue weighted by Gasteiger charge is 2.24. The van der Waals surface area contributed by atoms with E-state index in [0.717, 1.165) is 22.5 Å². The normalized spacial score (nSPS) is 11.7. The quantitative estimate of drug-likeness (QED) is 0.910. The molecule has 20 heavy (non-hydrogen) atoms. The van der Waals surface area contributed by atoms with Crippen LogP contribution in [0.25, 0.3) is 5.69 Å². The minimum absolute atomic E-state index is 0.0779. The molecule has 0 radical (unpaired) electrons. The Kier molecular flexibility index (Phi) is 3.42. The summed E-state index contributed by atoms with van der Waals surface area (Å²) in [5.41, 5.74) is 3.95. The van der Waals surface area contributed by atoms with E-state index in [1.165, 1.54) is 0 Å². The Bertz CT molecular complexity index is 643. The molecule has 0 aliphatic rings. The van der Waals surface area contributed by atoms with Gasteiger partial charge in [-0.15, -0.1) is 0 Å². The summed E-state index contributed by atoms with van der Waals surface area (Å²) in [6.07, 6.45) is 0. The van der Waals surface area contributed by atoms with Crippen LogP contribution >= 0.6 is 0 Å². The molecule has 0 bridgehead atoms. The molecule has 0 aliphatic carbocycles. The molecule has 2 aromatic rings. The van der Waals surface area contributed by atoms with Crippen molar-refractivity contribution in [1.82, 2.24) is 9.78 Å². The SMILES string of the molecule is Cc1cc(C)cc(-n2nc(C(=O)O)cc2C(C)(C)C)c1. The Morgan fingerprint density at radius 1 is 1.10 bits per heavy atom. The van der Waals surface area contributed by atoms with Gasteiger partial charge < -0.3 is 5.11 Å². The summed E-state index contributed by atoms with van der Waals surface area (Å²) in [7, 11) is 0. The topological polar surface area (TPSA) is 55.1 Å². The van der Waals surface area contributed by atoms with Crippen molar-refractivity contribution in [2.45, 2.75) is 40.0 Å². The van der Waals surface area contributed by atoms with Crippen LogP contribution in [0, 0.1) is 13.8 Å². The standard InChI is InChI=1S/C16H20N2O2/c1-10-6-11(2)8-12(7-10)18-14(16(3,4)5)9-13(17-18)15(19)20/h6-9H,1-5H3,(H,19,20). The lowest BCUT2D eigenvalue weighted by atomic mass is 9.91. The van der Waals surface area contributed by atoms with Gasteiger partial charge in [0, 0.05) is 5.41 Å². The van der Waals surface area contributed by atoms with Crippen molar-refractivity contribution < 1.29 is 9.90 Å². The van der Waals surface area contributed by atoms with E-state index in [1.807, 2.05) is 26.0 Å². The number of hydrogen-bond donors (Lipinski definition) is 1. The van der Waals surface area contributed by atoms with Gasteiger partial charge in [-0.3, -0.25) is 0 Å². The fourth-order valence-electron chi connectivity index (χ4n) is 2.29. The fraction of sp³-hybridized carbons (Fsp3) is 0.375. The van der Waals surface area contributed by atoms with Gasteiger partial charge in [0.1, 0.15) is 0 Å². The number of benzene rings is 1. The number of aryl methyl sites for hydroxylation is 2. The number of carboxylic acids is 1. The smallest absolute Gasteiger partial charge is 0.356 e. The molecule has 1 N–H and O–H groups in total. The summed E-state index contributed by atoms with van der Waals surface area (Å²) in [4.78, 5) is 11.2. The number of aromatic nitrogens is 2. The Labute approximate surface area is 119 Å². The zero-order chi connectivity index (χ0) is 15.1. The van der Waals surface area contributed by atoms with Crippen LogP contribution in [0.15, 0.2) is 24.3 Å². The van der Waals surface area contributed by atoms with Crippen molar-refractivity contribution in [2.24, 2.45) is 0 Å².